The lowest BCUT2D eigenvalue weighted by Crippen LogP contribution is -2.14. The van der Waals surface area contributed by atoms with Crippen LogP contribution in [0.5, 0.6) is 0 Å². The van der Waals surface area contributed by atoms with E-state index in [0.717, 1.165) is 41.1 Å². The number of nitrogens with zero attached hydrogens (tertiary/aromatic N) is 3. The largest absolute Gasteiger partial charge is 0.366 e. The number of benzene rings is 2. The van der Waals surface area contributed by atoms with E-state index >= 15 is 0 Å². The van der Waals surface area contributed by atoms with Crippen molar-refractivity contribution in [3.63, 3.8) is 0 Å². The molecular formula is C21H21F2N3O. The van der Waals surface area contributed by atoms with E-state index in [1.165, 1.54) is 6.07 Å². The van der Waals surface area contributed by atoms with Crippen molar-refractivity contribution in [3.8, 4) is 22.6 Å². The summed E-state index contributed by atoms with van der Waals surface area (Å²) in [6.07, 6.45) is 1.80. The lowest BCUT2D eigenvalue weighted by Gasteiger charge is -2.10. The summed E-state index contributed by atoms with van der Waals surface area (Å²) in [5, 5.41) is 4.00. The SMILES string of the molecule is CCN(C)C=Nc1cc(C)c(-c2cc(-c3ccc(F)c(F)c3)no2)cc1C. The van der Waals surface area contributed by atoms with Gasteiger partial charge in [-0.05, 0) is 62.2 Å². The van der Waals surface area contributed by atoms with Gasteiger partial charge in [0, 0.05) is 30.8 Å². The minimum atomic E-state index is -0.914. The van der Waals surface area contributed by atoms with Crippen molar-refractivity contribution in [2.75, 3.05) is 13.6 Å². The predicted molar refractivity (Wildman–Crippen MR) is 103 cm³/mol. The normalized spacial score (nSPS) is 11.3. The van der Waals surface area contributed by atoms with Gasteiger partial charge in [-0.25, -0.2) is 13.8 Å². The van der Waals surface area contributed by atoms with Crippen LogP contribution < -0.4 is 0 Å². The predicted octanol–water partition coefficient (Wildman–Crippen LogP) is 5.52. The summed E-state index contributed by atoms with van der Waals surface area (Å²) in [4.78, 5) is 6.51. The maximum atomic E-state index is 13.5. The van der Waals surface area contributed by atoms with E-state index in [2.05, 4.69) is 17.1 Å². The second-order valence-corrected chi connectivity index (χ2v) is 6.48. The molecule has 0 radical (unpaired) electrons. The molecule has 0 unspecified atom stereocenters. The highest BCUT2D eigenvalue weighted by Gasteiger charge is 2.14. The minimum Gasteiger partial charge on any atom is -0.366 e. The quantitative estimate of drug-likeness (QED) is 0.439. The summed E-state index contributed by atoms with van der Waals surface area (Å²) >= 11 is 0. The molecule has 0 aliphatic carbocycles. The van der Waals surface area contributed by atoms with Crippen molar-refractivity contribution >= 4 is 12.0 Å². The van der Waals surface area contributed by atoms with Crippen LogP contribution >= 0.6 is 0 Å². The number of hydrogen-bond acceptors (Lipinski definition) is 3. The summed E-state index contributed by atoms with van der Waals surface area (Å²) in [6, 6.07) is 9.36. The first kappa shape index (κ1) is 18.8. The molecule has 0 aliphatic heterocycles. The number of halogens is 2. The topological polar surface area (TPSA) is 41.6 Å². The van der Waals surface area contributed by atoms with Crippen molar-refractivity contribution in [1.29, 1.82) is 0 Å². The maximum Gasteiger partial charge on any atom is 0.167 e. The third kappa shape index (κ3) is 4.05. The van der Waals surface area contributed by atoms with Gasteiger partial charge in [-0.2, -0.15) is 0 Å². The Morgan fingerprint density at radius 1 is 1.07 bits per heavy atom. The molecule has 0 amide bonds. The molecule has 0 spiro atoms. The Balaban J connectivity index is 1.93. The monoisotopic (exact) mass is 369 g/mol. The second kappa shape index (κ2) is 7.70. The molecule has 0 aliphatic rings. The molecule has 0 saturated carbocycles. The Hall–Kier alpha value is -3.02. The van der Waals surface area contributed by atoms with Gasteiger partial charge in [0.2, 0.25) is 0 Å². The fourth-order valence-corrected chi connectivity index (χ4v) is 2.64. The Morgan fingerprint density at radius 3 is 2.56 bits per heavy atom. The lowest BCUT2D eigenvalue weighted by molar-refractivity contribution is 0.434. The van der Waals surface area contributed by atoms with Crippen LogP contribution in [-0.4, -0.2) is 30.0 Å². The first-order valence-electron chi connectivity index (χ1n) is 8.67. The summed E-state index contributed by atoms with van der Waals surface area (Å²) in [7, 11) is 1.97. The molecule has 0 fully saturated rings. The molecule has 0 bridgehead atoms. The Bertz CT molecular complexity index is 995. The number of rotatable bonds is 5. The van der Waals surface area contributed by atoms with Gasteiger partial charge in [0.05, 0.1) is 12.0 Å². The van der Waals surface area contributed by atoms with Gasteiger partial charge in [0.1, 0.15) is 5.69 Å². The van der Waals surface area contributed by atoms with Gasteiger partial charge < -0.3 is 9.42 Å². The van der Waals surface area contributed by atoms with Crippen LogP contribution in [0.2, 0.25) is 0 Å². The average molecular weight is 369 g/mol. The highest BCUT2D eigenvalue weighted by Crippen LogP contribution is 2.32. The van der Waals surface area contributed by atoms with E-state index in [0.29, 0.717) is 17.0 Å². The van der Waals surface area contributed by atoms with Crippen LogP contribution in [0, 0.1) is 25.5 Å². The number of aryl methyl sites for hydroxylation is 2. The Labute approximate surface area is 157 Å². The molecule has 2 aromatic carbocycles. The Kier molecular flexibility index (Phi) is 5.35. The molecule has 140 valence electrons. The first-order chi connectivity index (χ1) is 12.9. The first-order valence-corrected chi connectivity index (χ1v) is 8.67. The smallest absolute Gasteiger partial charge is 0.167 e. The average Bonchev–Trinajstić information content (AvgIpc) is 3.13. The molecule has 3 aromatic rings. The summed E-state index contributed by atoms with van der Waals surface area (Å²) in [5.41, 5.74) is 4.67. The molecule has 0 saturated heterocycles. The highest BCUT2D eigenvalue weighted by atomic mass is 19.2. The fourth-order valence-electron chi connectivity index (χ4n) is 2.64. The summed E-state index contributed by atoms with van der Waals surface area (Å²) in [6.45, 7) is 6.89. The minimum absolute atomic E-state index is 0.452. The molecule has 1 heterocycles. The van der Waals surface area contributed by atoms with Crippen molar-refractivity contribution in [1.82, 2.24) is 10.1 Å². The van der Waals surface area contributed by atoms with Gasteiger partial charge in [-0.3, -0.25) is 0 Å². The molecule has 4 nitrogen and oxygen atoms in total. The van der Waals surface area contributed by atoms with E-state index in [-0.39, 0.29) is 0 Å². The van der Waals surface area contributed by atoms with Gasteiger partial charge in [0.25, 0.3) is 0 Å². The van der Waals surface area contributed by atoms with Crippen molar-refractivity contribution in [3.05, 3.63) is 59.2 Å². The number of hydrogen-bond donors (Lipinski definition) is 0. The van der Waals surface area contributed by atoms with Crippen molar-refractivity contribution < 1.29 is 13.3 Å². The highest BCUT2D eigenvalue weighted by molar-refractivity contribution is 5.73. The van der Waals surface area contributed by atoms with E-state index < -0.39 is 11.6 Å². The zero-order valence-corrected chi connectivity index (χ0v) is 15.8. The molecule has 0 N–H and O–H groups in total. The van der Waals surface area contributed by atoms with E-state index in [1.807, 2.05) is 37.9 Å². The van der Waals surface area contributed by atoms with E-state index in [1.54, 1.807) is 12.4 Å². The molecule has 3 rings (SSSR count). The number of aromatic nitrogens is 1. The van der Waals surface area contributed by atoms with Crippen LogP contribution in [0.4, 0.5) is 14.5 Å². The van der Waals surface area contributed by atoms with Crippen molar-refractivity contribution in [2.24, 2.45) is 4.99 Å². The zero-order valence-electron chi connectivity index (χ0n) is 15.8. The molecule has 1 aromatic heterocycles. The molecule has 27 heavy (non-hydrogen) atoms. The zero-order chi connectivity index (χ0) is 19.6. The van der Waals surface area contributed by atoms with Crippen LogP contribution in [0.25, 0.3) is 22.6 Å². The van der Waals surface area contributed by atoms with E-state index in [9.17, 15) is 8.78 Å². The maximum absolute atomic E-state index is 13.5. The molecule has 0 atom stereocenters. The van der Waals surface area contributed by atoms with Gasteiger partial charge >= 0.3 is 0 Å². The van der Waals surface area contributed by atoms with Crippen LogP contribution in [0.3, 0.4) is 0 Å². The summed E-state index contributed by atoms with van der Waals surface area (Å²) in [5.74, 6) is -1.24. The van der Waals surface area contributed by atoms with Crippen LogP contribution in [-0.2, 0) is 0 Å². The standard InChI is InChI=1S/C21H21F2N3O/c1-5-26(4)12-24-19-9-13(2)16(8-14(19)3)21-11-20(25-27-21)15-6-7-17(22)18(23)10-15/h6-12H,5H2,1-4H3. The van der Waals surface area contributed by atoms with Gasteiger partial charge in [-0.1, -0.05) is 5.16 Å². The third-order valence-corrected chi connectivity index (χ3v) is 4.43. The number of aliphatic imine (C=N–C) groups is 1. The van der Waals surface area contributed by atoms with Crippen LogP contribution in [0.15, 0.2) is 45.9 Å². The molecule has 6 heteroatoms. The van der Waals surface area contributed by atoms with Crippen molar-refractivity contribution in [2.45, 2.75) is 20.8 Å². The lowest BCUT2D eigenvalue weighted by atomic mass is 10.0. The third-order valence-electron chi connectivity index (χ3n) is 4.43. The fraction of sp³-hybridized carbons (Fsp3) is 0.238. The van der Waals surface area contributed by atoms with E-state index in [4.69, 9.17) is 4.52 Å². The Morgan fingerprint density at radius 2 is 1.85 bits per heavy atom. The second-order valence-electron chi connectivity index (χ2n) is 6.48. The van der Waals surface area contributed by atoms with Gasteiger partial charge in [-0.15, -0.1) is 0 Å². The van der Waals surface area contributed by atoms with Crippen LogP contribution in [0.1, 0.15) is 18.1 Å². The molecular weight excluding hydrogens is 348 g/mol. The summed E-state index contributed by atoms with van der Waals surface area (Å²) < 4.78 is 32.0. The van der Waals surface area contributed by atoms with Gasteiger partial charge in [0.15, 0.2) is 17.4 Å².